The first-order valence-electron chi connectivity index (χ1n) is 7.56. The fourth-order valence-electron chi connectivity index (χ4n) is 3.66. The lowest BCUT2D eigenvalue weighted by Crippen LogP contribution is -2.37. The molecule has 0 N–H and O–H groups in total. The molecule has 3 aliphatic carbocycles. The van der Waals surface area contributed by atoms with Crippen LogP contribution in [0.2, 0.25) is 0 Å². The first-order valence-corrected chi connectivity index (χ1v) is 7.56. The van der Waals surface area contributed by atoms with Gasteiger partial charge in [-0.3, -0.25) is 4.79 Å². The molecule has 3 fully saturated rings. The van der Waals surface area contributed by atoms with Crippen LogP contribution in [0.4, 0.5) is 0 Å². The van der Waals surface area contributed by atoms with Crippen LogP contribution in [-0.4, -0.2) is 16.8 Å². The van der Waals surface area contributed by atoms with Crippen molar-refractivity contribution in [3.8, 4) is 0 Å². The predicted molar refractivity (Wildman–Crippen MR) is 71.3 cm³/mol. The summed E-state index contributed by atoms with van der Waals surface area (Å²) >= 11 is 0. The fourth-order valence-corrected chi connectivity index (χ4v) is 3.66. The Balaban J connectivity index is 1.46. The molecule has 3 saturated carbocycles. The maximum absolute atomic E-state index is 12.7. The summed E-state index contributed by atoms with van der Waals surface area (Å²) < 4.78 is 5.64. The quantitative estimate of drug-likeness (QED) is 0.832. The highest BCUT2D eigenvalue weighted by Crippen LogP contribution is 2.55. The van der Waals surface area contributed by atoms with Gasteiger partial charge in [0.15, 0.2) is 0 Å². The van der Waals surface area contributed by atoms with Gasteiger partial charge in [-0.2, -0.15) is 0 Å². The summed E-state index contributed by atoms with van der Waals surface area (Å²) in [5.41, 5.74) is 0. The van der Waals surface area contributed by atoms with Gasteiger partial charge in [0.25, 0.3) is 0 Å². The fraction of sp³-hybridized carbons (Fsp3) is 0.688. The van der Waals surface area contributed by atoms with Crippen molar-refractivity contribution in [2.45, 2.75) is 51.6 Å². The number of furan rings is 1. The van der Waals surface area contributed by atoms with Crippen LogP contribution in [0.25, 0.3) is 0 Å². The van der Waals surface area contributed by atoms with Crippen molar-refractivity contribution >= 4 is 5.91 Å². The maximum Gasteiger partial charge on any atom is 0.226 e. The van der Waals surface area contributed by atoms with E-state index in [1.807, 2.05) is 19.1 Å². The Bertz CT molecular complexity index is 493. The molecule has 2 unspecified atom stereocenters. The molecule has 0 aromatic carbocycles. The second-order valence-electron chi connectivity index (χ2n) is 6.63. The number of hydrogen-bond donors (Lipinski definition) is 0. The highest BCUT2D eigenvalue weighted by molar-refractivity contribution is 5.80. The van der Waals surface area contributed by atoms with Gasteiger partial charge >= 0.3 is 0 Å². The van der Waals surface area contributed by atoms with E-state index >= 15 is 0 Å². The zero-order chi connectivity index (χ0) is 13.0. The Morgan fingerprint density at radius 2 is 2.00 bits per heavy atom. The van der Waals surface area contributed by atoms with E-state index < -0.39 is 0 Å². The molecule has 1 heterocycles. The van der Waals surface area contributed by atoms with E-state index in [1.54, 1.807) is 0 Å². The van der Waals surface area contributed by atoms with Crippen LogP contribution in [-0.2, 0) is 11.3 Å². The van der Waals surface area contributed by atoms with E-state index in [0.29, 0.717) is 24.4 Å². The van der Waals surface area contributed by atoms with Gasteiger partial charge in [-0.15, -0.1) is 0 Å². The number of fused-ring (bicyclic) bond motifs is 1. The third kappa shape index (κ3) is 2.19. The molecule has 102 valence electrons. The summed E-state index contributed by atoms with van der Waals surface area (Å²) in [6, 6.07) is 4.47. The molecule has 1 aromatic heterocycles. The van der Waals surface area contributed by atoms with Gasteiger partial charge in [0.2, 0.25) is 5.91 Å². The van der Waals surface area contributed by atoms with Gasteiger partial charge in [-0.05, 0) is 63.0 Å². The summed E-state index contributed by atoms with van der Waals surface area (Å²) in [6.45, 7) is 2.63. The smallest absolute Gasteiger partial charge is 0.226 e. The van der Waals surface area contributed by atoms with Crippen LogP contribution in [0.15, 0.2) is 16.5 Å². The van der Waals surface area contributed by atoms with Crippen molar-refractivity contribution in [3.05, 3.63) is 23.7 Å². The maximum atomic E-state index is 12.7. The van der Waals surface area contributed by atoms with Crippen molar-refractivity contribution < 1.29 is 9.21 Å². The Labute approximate surface area is 114 Å². The number of carbonyl (C=O) groups is 1. The molecular weight excluding hydrogens is 238 g/mol. The standard InChI is InChI=1S/C16H21NO2/c1-10-2-5-15(19-10)9-17(14-3-4-14)16(18)13-7-11-6-12(11)8-13/h2,5,11-14H,3-4,6-9H2,1H3. The van der Waals surface area contributed by atoms with E-state index in [-0.39, 0.29) is 0 Å². The second kappa shape index (κ2) is 4.12. The Hall–Kier alpha value is -1.25. The van der Waals surface area contributed by atoms with E-state index in [2.05, 4.69) is 4.90 Å². The second-order valence-corrected chi connectivity index (χ2v) is 6.63. The number of hydrogen-bond acceptors (Lipinski definition) is 2. The predicted octanol–water partition coefficient (Wildman–Crippen LogP) is 3.13. The van der Waals surface area contributed by atoms with Crippen molar-refractivity contribution in [1.82, 2.24) is 4.90 Å². The molecule has 0 spiro atoms. The highest BCUT2D eigenvalue weighted by Gasteiger charge is 2.50. The van der Waals surface area contributed by atoms with Gasteiger partial charge in [-0.1, -0.05) is 0 Å². The summed E-state index contributed by atoms with van der Waals surface area (Å²) in [5, 5.41) is 0. The minimum Gasteiger partial charge on any atom is -0.464 e. The molecule has 0 saturated heterocycles. The zero-order valence-corrected chi connectivity index (χ0v) is 11.5. The highest BCUT2D eigenvalue weighted by atomic mass is 16.3. The SMILES string of the molecule is Cc1ccc(CN(C(=O)C2CC3CC3C2)C2CC2)o1. The first-order chi connectivity index (χ1) is 9.20. The summed E-state index contributed by atoms with van der Waals surface area (Å²) in [4.78, 5) is 14.8. The van der Waals surface area contributed by atoms with E-state index in [9.17, 15) is 4.79 Å². The van der Waals surface area contributed by atoms with E-state index in [4.69, 9.17) is 4.42 Å². The lowest BCUT2D eigenvalue weighted by atomic mass is 10.0. The molecule has 3 nitrogen and oxygen atoms in total. The van der Waals surface area contributed by atoms with Crippen molar-refractivity contribution in [2.24, 2.45) is 17.8 Å². The number of carbonyl (C=O) groups excluding carboxylic acids is 1. The monoisotopic (exact) mass is 259 g/mol. The number of amides is 1. The van der Waals surface area contributed by atoms with Gasteiger partial charge in [0.1, 0.15) is 11.5 Å². The number of aryl methyl sites for hydroxylation is 1. The van der Waals surface area contributed by atoms with Gasteiger partial charge in [0.05, 0.1) is 6.54 Å². The van der Waals surface area contributed by atoms with Crippen LogP contribution >= 0.6 is 0 Å². The minimum absolute atomic E-state index is 0.306. The molecule has 4 rings (SSSR count). The van der Waals surface area contributed by atoms with Crippen molar-refractivity contribution in [2.75, 3.05) is 0 Å². The van der Waals surface area contributed by atoms with Crippen LogP contribution in [0.1, 0.15) is 43.6 Å². The van der Waals surface area contributed by atoms with Crippen LogP contribution < -0.4 is 0 Å². The van der Waals surface area contributed by atoms with Crippen molar-refractivity contribution in [1.29, 1.82) is 0 Å². The van der Waals surface area contributed by atoms with E-state index in [1.165, 1.54) is 19.3 Å². The minimum atomic E-state index is 0.306. The Morgan fingerprint density at radius 3 is 2.58 bits per heavy atom. The largest absolute Gasteiger partial charge is 0.464 e. The molecular formula is C16H21NO2. The molecule has 0 radical (unpaired) electrons. The summed E-state index contributed by atoms with van der Waals surface area (Å²) in [5.74, 6) is 4.31. The third-order valence-corrected chi connectivity index (χ3v) is 4.99. The average Bonchev–Trinajstić information content (AvgIpc) is 3.30. The van der Waals surface area contributed by atoms with Crippen LogP contribution in [0.3, 0.4) is 0 Å². The van der Waals surface area contributed by atoms with Crippen LogP contribution in [0.5, 0.6) is 0 Å². The Morgan fingerprint density at radius 1 is 1.26 bits per heavy atom. The summed E-state index contributed by atoms with van der Waals surface area (Å²) in [7, 11) is 0. The molecule has 0 aliphatic heterocycles. The van der Waals surface area contributed by atoms with Gasteiger partial charge in [-0.25, -0.2) is 0 Å². The van der Waals surface area contributed by atoms with Crippen LogP contribution in [0, 0.1) is 24.7 Å². The lowest BCUT2D eigenvalue weighted by molar-refractivity contribution is -0.137. The van der Waals surface area contributed by atoms with E-state index in [0.717, 1.165) is 36.2 Å². The van der Waals surface area contributed by atoms with Crippen molar-refractivity contribution in [3.63, 3.8) is 0 Å². The Kier molecular flexibility index (Phi) is 2.51. The van der Waals surface area contributed by atoms with Gasteiger partial charge in [0, 0.05) is 12.0 Å². The average molecular weight is 259 g/mol. The molecule has 1 amide bonds. The first kappa shape index (κ1) is 11.6. The molecule has 0 bridgehead atoms. The molecule has 3 heteroatoms. The van der Waals surface area contributed by atoms with Gasteiger partial charge < -0.3 is 9.32 Å². The topological polar surface area (TPSA) is 33.5 Å². The third-order valence-electron chi connectivity index (χ3n) is 4.99. The normalized spacial score (nSPS) is 32.2. The number of rotatable bonds is 4. The molecule has 19 heavy (non-hydrogen) atoms. The molecule has 1 aromatic rings. The summed E-state index contributed by atoms with van der Waals surface area (Å²) in [6.07, 6.45) is 6.01. The number of nitrogens with zero attached hydrogens (tertiary/aromatic N) is 1. The zero-order valence-electron chi connectivity index (χ0n) is 11.5. The molecule has 2 atom stereocenters. The molecule has 3 aliphatic rings. The lowest BCUT2D eigenvalue weighted by Gasteiger charge is -2.25.